The van der Waals surface area contributed by atoms with Gasteiger partial charge in [-0.3, -0.25) is 14.4 Å². The van der Waals surface area contributed by atoms with E-state index in [2.05, 4.69) is 29.5 Å². The number of methoxy groups -OCH3 is 1. The first kappa shape index (κ1) is 24.0. The number of nitriles is 1. The third-order valence-corrected chi connectivity index (χ3v) is 9.72. The lowest BCUT2D eigenvalue weighted by atomic mass is 9.84. The largest absolute Gasteiger partial charge is 0.496 e. The number of Topliss-reactive ketones (excluding diaryl/α,β-unsaturated/α-hetero) is 1. The molecule has 8 nitrogen and oxygen atoms in total. The van der Waals surface area contributed by atoms with E-state index in [1.165, 1.54) is 0 Å². The van der Waals surface area contributed by atoms with Crippen LogP contribution in [0.1, 0.15) is 42.6 Å². The number of carbonyl (C=O) groups is 3. The maximum Gasteiger partial charge on any atom is 0.270 e. The number of H-pyrrole nitrogens is 1. The molecule has 34 heavy (non-hydrogen) atoms. The molecule has 0 radical (unpaired) electrons. The molecule has 2 fully saturated rings. The number of aromatic amines is 1. The molecule has 0 spiro atoms. The predicted octanol–water partition coefficient (Wildman–Crippen LogP) is 3.41. The van der Waals surface area contributed by atoms with Crippen molar-refractivity contribution in [3.05, 3.63) is 30.0 Å². The first-order valence-electron chi connectivity index (χ1n) is 11.9. The second kappa shape index (κ2) is 9.62. The number of aromatic nitrogens is 1. The molecule has 3 atom stereocenters. The third kappa shape index (κ3) is 4.87. The summed E-state index contributed by atoms with van der Waals surface area (Å²) in [6.07, 6.45) is 4.10. The van der Waals surface area contributed by atoms with Gasteiger partial charge in [-0.15, -0.1) is 0 Å². The lowest BCUT2D eigenvalue weighted by Gasteiger charge is -2.26. The van der Waals surface area contributed by atoms with Gasteiger partial charge in [0.15, 0.2) is 0 Å². The van der Waals surface area contributed by atoms with Crippen LogP contribution in [0.3, 0.4) is 0 Å². The minimum atomic E-state index is -1.83. The van der Waals surface area contributed by atoms with Gasteiger partial charge >= 0.3 is 0 Å². The summed E-state index contributed by atoms with van der Waals surface area (Å²) in [5.74, 6) is 0.142. The van der Waals surface area contributed by atoms with Crippen molar-refractivity contribution in [1.29, 1.82) is 5.26 Å². The zero-order valence-corrected chi connectivity index (χ0v) is 21.0. The Morgan fingerprint density at radius 2 is 2.15 bits per heavy atom. The standard InChI is InChI=1S/C25H32N4O4Si/c1-33-23-10-6-8-19-18(23)12-20(28-19)25(32)29-15-34(2,3)14-21(29)24(31)27-17(13-26)11-16-7-4-5-9-22(16)30/h6,8,10,12,16-17,21,28H,4-5,7,9,11,14-15H2,1-3H3,(H,27,31)/t16-,17-,21-/m0/s1. The lowest BCUT2D eigenvalue weighted by Crippen LogP contribution is -2.49. The van der Waals surface area contributed by atoms with Gasteiger partial charge in [-0.05, 0) is 43.5 Å². The van der Waals surface area contributed by atoms with Gasteiger partial charge in [-0.1, -0.05) is 25.6 Å². The van der Waals surface area contributed by atoms with Crippen molar-refractivity contribution in [1.82, 2.24) is 15.2 Å². The Labute approximate surface area is 200 Å². The molecule has 2 heterocycles. The number of carbonyl (C=O) groups excluding carboxylic acids is 3. The molecule has 9 heteroatoms. The maximum absolute atomic E-state index is 13.5. The van der Waals surface area contributed by atoms with Crippen LogP contribution in [0.25, 0.3) is 10.9 Å². The highest BCUT2D eigenvalue weighted by Crippen LogP contribution is 2.31. The number of fused-ring (bicyclic) bond motifs is 1. The van der Waals surface area contributed by atoms with Crippen molar-refractivity contribution in [2.24, 2.45) is 5.92 Å². The van der Waals surface area contributed by atoms with E-state index in [1.54, 1.807) is 18.1 Å². The zero-order valence-electron chi connectivity index (χ0n) is 20.0. The van der Waals surface area contributed by atoms with Crippen molar-refractivity contribution in [3.63, 3.8) is 0 Å². The molecule has 2 amide bonds. The van der Waals surface area contributed by atoms with Crippen LogP contribution in [-0.2, 0) is 9.59 Å². The van der Waals surface area contributed by atoms with E-state index in [0.29, 0.717) is 36.5 Å². The second-order valence-electron chi connectivity index (χ2n) is 10.3. The van der Waals surface area contributed by atoms with Crippen molar-refractivity contribution in [3.8, 4) is 11.8 Å². The number of hydrogen-bond acceptors (Lipinski definition) is 5. The highest BCUT2D eigenvalue weighted by molar-refractivity contribution is 6.79. The quantitative estimate of drug-likeness (QED) is 0.615. The van der Waals surface area contributed by atoms with Crippen LogP contribution in [0.4, 0.5) is 0 Å². The molecule has 1 aliphatic carbocycles. The van der Waals surface area contributed by atoms with Crippen LogP contribution in [0, 0.1) is 17.2 Å². The van der Waals surface area contributed by atoms with E-state index in [1.807, 2.05) is 18.2 Å². The van der Waals surface area contributed by atoms with Crippen LogP contribution in [0.15, 0.2) is 24.3 Å². The number of nitrogens with zero attached hydrogens (tertiary/aromatic N) is 2. The summed E-state index contributed by atoms with van der Waals surface area (Å²) in [5.41, 5.74) is 1.20. The molecular formula is C25H32N4O4Si. The second-order valence-corrected chi connectivity index (χ2v) is 15.3. The topological polar surface area (TPSA) is 115 Å². The van der Waals surface area contributed by atoms with Gasteiger partial charge in [0, 0.05) is 29.4 Å². The Kier molecular flexibility index (Phi) is 6.80. The first-order chi connectivity index (χ1) is 16.2. The summed E-state index contributed by atoms with van der Waals surface area (Å²) in [7, 11) is -0.240. The molecule has 1 saturated carbocycles. The minimum absolute atomic E-state index is 0.174. The van der Waals surface area contributed by atoms with Gasteiger partial charge in [0.2, 0.25) is 5.91 Å². The van der Waals surface area contributed by atoms with Crippen molar-refractivity contribution < 1.29 is 19.1 Å². The summed E-state index contributed by atoms with van der Waals surface area (Å²) in [6.45, 7) is 4.33. The van der Waals surface area contributed by atoms with Crippen LogP contribution >= 0.6 is 0 Å². The van der Waals surface area contributed by atoms with Crippen molar-refractivity contribution in [2.75, 3.05) is 13.3 Å². The molecule has 2 aromatic rings. The molecule has 2 N–H and O–H groups in total. The fourth-order valence-corrected chi connectivity index (χ4v) is 8.16. The molecule has 0 bridgehead atoms. The average molecular weight is 481 g/mol. The summed E-state index contributed by atoms with van der Waals surface area (Å²) in [5, 5.41) is 13.3. The lowest BCUT2D eigenvalue weighted by molar-refractivity contribution is -0.127. The number of nitrogens with one attached hydrogen (secondary N) is 2. The van der Waals surface area contributed by atoms with E-state index in [0.717, 1.165) is 30.2 Å². The molecule has 1 aromatic carbocycles. The summed E-state index contributed by atoms with van der Waals surface area (Å²) >= 11 is 0. The molecule has 0 unspecified atom stereocenters. The van der Waals surface area contributed by atoms with E-state index in [9.17, 15) is 19.6 Å². The van der Waals surface area contributed by atoms with Crippen LogP contribution < -0.4 is 10.1 Å². The molecule has 1 aliphatic heterocycles. The highest BCUT2D eigenvalue weighted by atomic mass is 28.3. The van der Waals surface area contributed by atoms with E-state index in [4.69, 9.17) is 4.74 Å². The first-order valence-corrected chi connectivity index (χ1v) is 15.3. The summed E-state index contributed by atoms with van der Waals surface area (Å²) < 4.78 is 5.41. The predicted molar refractivity (Wildman–Crippen MR) is 131 cm³/mol. The van der Waals surface area contributed by atoms with Gasteiger partial charge in [0.05, 0.1) is 21.3 Å². The molecule has 1 saturated heterocycles. The van der Waals surface area contributed by atoms with Gasteiger partial charge in [-0.2, -0.15) is 5.26 Å². The Morgan fingerprint density at radius 1 is 1.35 bits per heavy atom. The van der Waals surface area contributed by atoms with Crippen LogP contribution in [0.5, 0.6) is 5.75 Å². The SMILES string of the molecule is COc1cccc2[nH]c(C(=O)N3C[Si](C)(C)C[C@H]3C(=O)N[C@H](C#N)C[C@@H]3CCCCC3=O)cc12. The zero-order chi connectivity index (χ0) is 24.5. The summed E-state index contributed by atoms with van der Waals surface area (Å²) in [6, 6.07) is 8.77. The highest BCUT2D eigenvalue weighted by Gasteiger charge is 2.45. The van der Waals surface area contributed by atoms with E-state index < -0.39 is 20.2 Å². The molecule has 4 rings (SSSR count). The van der Waals surface area contributed by atoms with Crippen molar-refractivity contribution >= 4 is 36.6 Å². The molecular weight excluding hydrogens is 448 g/mol. The Hall–Kier alpha value is -3.12. The van der Waals surface area contributed by atoms with Gasteiger partial charge in [-0.25, -0.2) is 0 Å². The van der Waals surface area contributed by atoms with Crippen LogP contribution in [0.2, 0.25) is 19.1 Å². The number of ether oxygens (including phenoxy) is 1. The van der Waals surface area contributed by atoms with Gasteiger partial charge < -0.3 is 19.9 Å². The van der Waals surface area contributed by atoms with Crippen LogP contribution in [-0.4, -0.2) is 60.9 Å². The Morgan fingerprint density at radius 3 is 2.85 bits per heavy atom. The van der Waals surface area contributed by atoms with E-state index >= 15 is 0 Å². The number of hydrogen-bond donors (Lipinski definition) is 2. The number of amides is 2. The monoisotopic (exact) mass is 480 g/mol. The fraction of sp³-hybridized carbons (Fsp3) is 0.520. The van der Waals surface area contributed by atoms with Gasteiger partial charge in [0.1, 0.15) is 29.3 Å². The molecule has 1 aromatic heterocycles. The normalized spacial score (nSPS) is 22.9. The van der Waals surface area contributed by atoms with Crippen molar-refractivity contribution in [2.45, 2.75) is 63.3 Å². The third-order valence-electron chi connectivity index (χ3n) is 7.03. The number of rotatable bonds is 6. The van der Waals surface area contributed by atoms with E-state index in [-0.39, 0.29) is 23.5 Å². The Bertz CT molecular complexity index is 1150. The fourth-order valence-electron chi connectivity index (χ4n) is 5.29. The number of ketones is 1. The maximum atomic E-state index is 13.5. The molecule has 180 valence electrons. The average Bonchev–Trinajstić information content (AvgIpc) is 3.40. The summed E-state index contributed by atoms with van der Waals surface area (Å²) in [4.78, 5) is 43.8. The minimum Gasteiger partial charge on any atom is -0.496 e. The Balaban J connectivity index is 1.52. The smallest absolute Gasteiger partial charge is 0.270 e. The number of benzene rings is 1. The van der Waals surface area contributed by atoms with Gasteiger partial charge in [0.25, 0.3) is 5.91 Å². The molecule has 2 aliphatic rings.